The molecule has 1 aliphatic rings. The van der Waals surface area contributed by atoms with E-state index in [1.54, 1.807) is 0 Å². The third-order valence-electron chi connectivity index (χ3n) is 5.49. The molecule has 0 unspecified atom stereocenters. The molecule has 1 fully saturated rings. The van der Waals surface area contributed by atoms with Gasteiger partial charge in [0, 0.05) is 50.1 Å². The highest BCUT2D eigenvalue weighted by molar-refractivity contribution is 7.80. The fourth-order valence-electron chi connectivity index (χ4n) is 4.10. The molecule has 1 aliphatic heterocycles. The van der Waals surface area contributed by atoms with Gasteiger partial charge in [-0.25, -0.2) is 0 Å². The smallest absolute Gasteiger partial charge is 0.170 e. The fourth-order valence-corrected chi connectivity index (χ4v) is 4.41. The molecule has 1 N–H and O–H groups in total. The van der Waals surface area contributed by atoms with E-state index in [2.05, 4.69) is 101 Å². The SMILES string of the molecule is CC(C)CN1C(=S)N[C@@H](c2ccccn2)[C@H]1c1cccn1-c1ccc(N(C)C)cc1. The number of anilines is 1. The quantitative estimate of drug-likeness (QED) is 0.593. The van der Waals surface area contributed by atoms with Gasteiger partial charge in [0.2, 0.25) is 0 Å². The number of benzene rings is 1. The van der Waals surface area contributed by atoms with E-state index >= 15 is 0 Å². The summed E-state index contributed by atoms with van der Waals surface area (Å²) in [4.78, 5) is 9.07. The summed E-state index contributed by atoms with van der Waals surface area (Å²) >= 11 is 5.76. The predicted octanol–water partition coefficient (Wildman–Crippen LogP) is 4.57. The van der Waals surface area contributed by atoms with Crippen LogP contribution in [-0.4, -0.2) is 40.2 Å². The molecule has 30 heavy (non-hydrogen) atoms. The molecule has 0 saturated carbocycles. The van der Waals surface area contributed by atoms with Crippen molar-refractivity contribution in [2.24, 2.45) is 5.92 Å². The molecule has 0 spiro atoms. The molecule has 6 heteroatoms. The van der Waals surface area contributed by atoms with E-state index in [1.165, 1.54) is 11.4 Å². The summed E-state index contributed by atoms with van der Waals surface area (Å²) in [5.74, 6) is 0.498. The van der Waals surface area contributed by atoms with Gasteiger partial charge < -0.3 is 19.7 Å². The molecule has 1 aromatic carbocycles. The number of nitrogens with one attached hydrogen (secondary N) is 1. The third-order valence-corrected chi connectivity index (χ3v) is 5.84. The Bertz CT molecular complexity index is 994. The van der Waals surface area contributed by atoms with Gasteiger partial charge in [0.1, 0.15) is 0 Å². The molecule has 2 aromatic heterocycles. The average Bonchev–Trinajstić information content (AvgIpc) is 3.33. The average molecular weight is 420 g/mol. The van der Waals surface area contributed by atoms with E-state index < -0.39 is 0 Å². The van der Waals surface area contributed by atoms with Crippen molar-refractivity contribution in [1.82, 2.24) is 19.8 Å². The summed E-state index contributed by atoms with van der Waals surface area (Å²) in [6.45, 7) is 5.35. The Morgan fingerprint density at radius 3 is 2.47 bits per heavy atom. The van der Waals surface area contributed by atoms with Gasteiger partial charge in [-0.15, -0.1) is 0 Å². The minimum atomic E-state index is 0.00662. The summed E-state index contributed by atoms with van der Waals surface area (Å²) < 4.78 is 2.27. The summed E-state index contributed by atoms with van der Waals surface area (Å²) in [6, 6.07) is 19.1. The van der Waals surface area contributed by atoms with Gasteiger partial charge in [-0.3, -0.25) is 4.98 Å². The summed E-state index contributed by atoms with van der Waals surface area (Å²) in [5.41, 5.74) is 4.54. The van der Waals surface area contributed by atoms with Crippen LogP contribution in [0.2, 0.25) is 0 Å². The van der Waals surface area contributed by atoms with Crippen LogP contribution in [0.3, 0.4) is 0 Å². The number of rotatable bonds is 6. The Balaban J connectivity index is 1.77. The van der Waals surface area contributed by atoms with Gasteiger partial charge in [-0.2, -0.15) is 0 Å². The second-order valence-electron chi connectivity index (χ2n) is 8.39. The van der Waals surface area contributed by atoms with E-state index in [0.717, 1.165) is 23.0 Å². The van der Waals surface area contributed by atoms with Gasteiger partial charge in [0.25, 0.3) is 0 Å². The summed E-state index contributed by atoms with van der Waals surface area (Å²) in [6.07, 6.45) is 3.98. The van der Waals surface area contributed by atoms with Crippen molar-refractivity contribution in [3.63, 3.8) is 0 Å². The first-order chi connectivity index (χ1) is 14.5. The number of thiocarbonyl (C=S) groups is 1. The lowest BCUT2D eigenvalue weighted by atomic mass is 10.0. The zero-order valence-electron chi connectivity index (χ0n) is 18.0. The van der Waals surface area contributed by atoms with Crippen LogP contribution in [0.5, 0.6) is 0 Å². The molecule has 156 valence electrons. The maximum atomic E-state index is 5.76. The van der Waals surface area contributed by atoms with Crippen LogP contribution in [0.25, 0.3) is 5.69 Å². The van der Waals surface area contributed by atoms with E-state index in [0.29, 0.717) is 5.92 Å². The minimum Gasteiger partial charge on any atom is -0.378 e. The molecule has 5 nitrogen and oxygen atoms in total. The molecular weight excluding hydrogens is 390 g/mol. The lowest BCUT2D eigenvalue weighted by Crippen LogP contribution is -2.33. The highest BCUT2D eigenvalue weighted by Gasteiger charge is 2.41. The van der Waals surface area contributed by atoms with Crippen LogP contribution in [0, 0.1) is 5.92 Å². The number of pyridine rings is 1. The monoisotopic (exact) mass is 419 g/mol. The van der Waals surface area contributed by atoms with Crippen molar-refractivity contribution in [1.29, 1.82) is 0 Å². The van der Waals surface area contributed by atoms with Crippen molar-refractivity contribution >= 4 is 23.0 Å². The van der Waals surface area contributed by atoms with Gasteiger partial charge >= 0.3 is 0 Å². The van der Waals surface area contributed by atoms with Crippen molar-refractivity contribution in [2.75, 3.05) is 25.5 Å². The van der Waals surface area contributed by atoms with Crippen molar-refractivity contribution in [2.45, 2.75) is 25.9 Å². The molecule has 0 amide bonds. The highest BCUT2D eigenvalue weighted by Crippen LogP contribution is 2.40. The molecule has 2 atom stereocenters. The molecule has 4 rings (SSSR count). The van der Waals surface area contributed by atoms with Gasteiger partial charge in [-0.05, 0) is 66.7 Å². The fraction of sp³-hybridized carbons (Fsp3) is 0.333. The topological polar surface area (TPSA) is 36.3 Å². The van der Waals surface area contributed by atoms with E-state index in [-0.39, 0.29) is 12.1 Å². The van der Waals surface area contributed by atoms with Crippen LogP contribution < -0.4 is 10.2 Å². The molecule has 0 bridgehead atoms. The normalized spacial score (nSPS) is 18.7. The summed E-state index contributed by atoms with van der Waals surface area (Å²) in [5, 5.41) is 4.33. The van der Waals surface area contributed by atoms with E-state index in [1.807, 2.05) is 18.3 Å². The largest absolute Gasteiger partial charge is 0.378 e. The molecular formula is C24H29N5S. The van der Waals surface area contributed by atoms with Crippen LogP contribution in [0.1, 0.15) is 37.3 Å². The Morgan fingerprint density at radius 2 is 1.83 bits per heavy atom. The van der Waals surface area contributed by atoms with Gasteiger partial charge in [0.05, 0.1) is 17.8 Å². The second-order valence-corrected chi connectivity index (χ2v) is 8.77. The Morgan fingerprint density at radius 1 is 1.07 bits per heavy atom. The van der Waals surface area contributed by atoms with Crippen LogP contribution >= 0.6 is 12.2 Å². The standard InChI is InChI=1S/C24H29N5S/c1-17(2)16-29-23(22(26-24(29)30)20-8-5-6-14-25-20)21-9-7-15-28(21)19-12-10-18(11-13-19)27(3)4/h5-15,17,22-23H,16H2,1-4H3,(H,26,30)/t22-,23+/m0/s1. The third kappa shape index (κ3) is 3.92. The first-order valence-electron chi connectivity index (χ1n) is 10.4. The summed E-state index contributed by atoms with van der Waals surface area (Å²) in [7, 11) is 4.12. The van der Waals surface area contributed by atoms with Crippen LogP contribution in [0.15, 0.2) is 67.0 Å². The molecule has 0 aliphatic carbocycles. The number of hydrogen-bond donors (Lipinski definition) is 1. The Labute approximate surface area is 184 Å². The van der Waals surface area contributed by atoms with Crippen LogP contribution in [-0.2, 0) is 0 Å². The zero-order valence-corrected chi connectivity index (χ0v) is 18.8. The van der Waals surface area contributed by atoms with Gasteiger partial charge in [-0.1, -0.05) is 19.9 Å². The first-order valence-corrected chi connectivity index (χ1v) is 10.8. The molecule has 3 heterocycles. The Hall–Kier alpha value is -2.86. The van der Waals surface area contributed by atoms with Crippen molar-refractivity contribution < 1.29 is 0 Å². The predicted molar refractivity (Wildman–Crippen MR) is 127 cm³/mol. The molecule has 1 saturated heterocycles. The molecule has 3 aromatic rings. The number of nitrogens with zero attached hydrogens (tertiary/aromatic N) is 4. The van der Waals surface area contributed by atoms with Crippen LogP contribution in [0.4, 0.5) is 5.69 Å². The first kappa shape index (κ1) is 20.4. The number of aromatic nitrogens is 2. The zero-order chi connectivity index (χ0) is 21.3. The number of hydrogen-bond acceptors (Lipinski definition) is 3. The van der Waals surface area contributed by atoms with E-state index in [4.69, 9.17) is 12.2 Å². The lowest BCUT2D eigenvalue weighted by molar-refractivity contribution is 0.280. The van der Waals surface area contributed by atoms with Crippen molar-refractivity contribution in [3.05, 3.63) is 78.4 Å². The van der Waals surface area contributed by atoms with E-state index in [9.17, 15) is 0 Å². The second kappa shape index (κ2) is 8.48. The lowest BCUT2D eigenvalue weighted by Gasteiger charge is -2.30. The highest BCUT2D eigenvalue weighted by atomic mass is 32.1. The van der Waals surface area contributed by atoms with Crippen molar-refractivity contribution in [3.8, 4) is 5.69 Å². The molecule has 0 radical (unpaired) electrons. The Kier molecular flexibility index (Phi) is 5.77. The minimum absolute atomic E-state index is 0.00662. The van der Waals surface area contributed by atoms with Gasteiger partial charge in [0.15, 0.2) is 5.11 Å². The maximum Gasteiger partial charge on any atom is 0.170 e. The maximum absolute atomic E-state index is 5.76.